The van der Waals surface area contributed by atoms with Crippen LogP contribution in [0.4, 0.5) is 0 Å². The number of ether oxygens (including phenoxy) is 1. The molecule has 0 saturated heterocycles. The van der Waals surface area contributed by atoms with Gasteiger partial charge in [0, 0.05) is 35.1 Å². The highest BCUT2D eigenvalue weighted by molar-refractivity contribution is 6.31. The first-order valence-electron chi connectivity index (χ1n) is 9.60. The molecule has 1 aliphatic carbocycles. The van der Waals surface area contributed by atoms with E-state index >= 15 is 0 Å². The van der Waals surface area contributed by atoms with Crippen LogP contribution in [0.2, 0.25) is 5.02 Å². The third-order valence-electron chi connectivity index (χ3n) is 5.47. The van der Waals surface area contributed by atoms with E-state index in [0.717, 1.165) is 28.1 Å². The fourth-order valence-corrected chi connectivity index (χ4v) is 4.52. The lowest BCUT2D eigenvalue weighted by Gasteiger charge is -2.34. The quantitative estimate of drug-likeness (QED) is 0.813. The number of hydrogen-bond acceptors (Lipinski definition) is 3. The molecule has 4 rings (SSSR count). The Hall–Kier alpha value is -2.59. The van der Waals surface area contributed by atoms with Crippen molar-refractivity contribution in [1.29, 1.82) is 0 Å². The molecule has 2 aromatic rings. The van der Waals surface area contributed by atoms with E-state index in [1.807, 2.05) is 55.5 Å². The van der Waals surface area contributed by atoms with Crippen LogP contribution >= 0.6 is 11.6 Å². The van der Waals surface area contributed by atoms with Crippen LogP contribution in [0, 0.1) is 0 Å². The molecule has 0 unspecified atom stereocenters. The SMILES string of the molecule is CCOc1ccc([C@@H]2CC(=O)NC3=C2C(=O)C[C@@H](c2ccccc2Cl)C3)cc1. The highest BCUT2D eigenvalue weighted by atomic mass is 35.5. The molecule has 0 radical (unpaired) electrons. The number of Topliss-reactive ketones (excluding diaryl/α,β-unsaturated/α-hetero) is 1. The second-order valence-electron chi connectivity index (χ2n) is 7.25. The van der Waals surface area contributed by atoms with Crippen molar-refractivity contribution in [3.05, 3.63) is 76.0 Å². The molecular weight excluding hydrogens is 374 g/mol. The number of ketones is 1. The molecule has 144 valence electrons. The van der Waals surface area contributed by atoms with E-state index in [1.165, 1.54) is 0 Å². The van der Waals surface area contributed by atoms with Crippen LogP contribution in [-0.4, -0.2) is 18.3 Å². The molecule has 0 bridgehead atoms. The maximum atomic E-state index is 13.1. The van der Waals surface area contributed by atoms with Crippen LogP contribution in [0.5, 0.6) is 5.75 Å². The van der Waals surface area contributed by atoms with Crippen molar-refractivity contribution in [2.75, 3.05) is 6.61 Å². The Bertz CT molecular complexity index is 949. The Labute approximate surface area is 169 Å². The van der Waals surface area contributed by atoms with Crippen molar-refractivity contribution in [2.45, 2.75) is 38.0 Å². The number of hydrogen-bond donors (Lipinski definition) is 1. The van der Waals surface area contributed by atoms with E-state index in [-0.39, 0.29) is 29.9 Å². The topological polar surface area (TPSA) is 55.4 Å². The van der Waals surface area contributed by atoms with E-state index in [2.05, 4.69) is 5.32 Å². The van der Waals surface area contributed by atoms with Gasteiger partial charge in [-0.05, 0) is 48.6 Å². The van der Waals surface area contributed by atoms with Crippen molar-refractivity contribution in [2.24, 2.45) is 0 Å². The summed E-state index contributed by atoms with van der Waals surface area (Å²) in [6.45, 7) is 2.54. The predicted octanol–water partition coefficient (Wildman–Crippen LogP) is 4.74. The van der Waals surface area contributed by atoms with Crippen molar-refractivity contribution < 1.29 is 14.3 Å². The number of carbonyl (C=O) groups excluding carboxylic acids is 2. The van der Waals surface area contributed by atoms with E-state index in [1.54, 1.807) is 0 Å². The van der Waals surface area contributed by atoms with Crippen LogP contribution in [0.3, 0.4) is 0 Å². The van der Waals surface area contributed by atoms with Gasteiger partial charge in [-0.1, -0.05) is 41.9 Å². The average molecular weight is 396 g/mol. The van der Waals surface area contributed by atoms with Gasteiger partial charge in [0.15, 0.2) is 5.78 Å². The molecule has 0 aromatic heterocycles. The van der Waals surface area contributed by atoms with Crippen LogP contribution < -0.4 is 10.1 Å². The minimum Gasteiger partial charge on any atom is -0.494 e. The molecule has 0 fully saturated rings. The summed E-state index contributed by atoms with van der Waals surface area (Å²) in [7, 11) is 0. The van der Waals surface area contributed by atoms with Gasteiger partial charge in [-0.3, -0.25) is 9.59 Å². The standard InChI is InChI=1S/C23H22ClNO3/c1-2-28-16-9-7-14(8-10-16)18-13-22(27)25-20-11-15(12-21(26)23(18)20)17-5-3-4-6-19(17)24/h3-10,15,18H,2,11-13H2,1H3,(H,25,27)/t15-,18-/m0/s1. The Morgan fingerprint density at radius 2 is 1.79 bits per heavy atom. The summed E-state index contributed by atoms with van der Waals surface area (Å²) in [6.07, 6.45) is 1.31. The van der Waals surface area contributed by atoms with Gasteiger partial charge in [0.1, 0.15) is 5.75 Å². The summed E-state index contributed by atoms with van der Waals surface area (Å²) in [6, 6.07) is 15.3. The third kappa shape index (κ3) is 3.57. The summed E-state index contributed by atoms with van der Waals surface area (Å²) < 4.78 is 5.50. The highest BCUT2D eigenvalue weighted by Crippen LogP contribution is 2.43. The molecule has 5 heteroatoms. The Kier molecular flexibility index (Phi) is 5.23. The molecule has 2 aliphatic rings. The lowest BCUT2D eigenvalue weighted by atomic mass is 9.73. The van der Waals surface area contributed by atoms with E-state index in [9.17, 15) is 9.59 Å². The van der Waals surface area contributed by atoms with Gasteiger partial charge in [0.05, 0.1) is 6.61 Å². The van der Waals surface area contributed by atoms with Crippen LogP contribution in [0.25, 0.3) is 0 Å². The monoisotopic (exact) mass is 395 g/mol. The minimum absolute atomic E-state index is 0.0145. The summed E-state index contributed by atoms with van der Waals surface area (Å²) >= 11 is 6.35. The maximum Gasteiger partial charge on any atom is 0.225 e. The Balaban J connectivity index is 1.67. The van der Waals surface area contributed by atoms with E-state index < -0.39 is 0 Å². The molecule has 2 atom stereocenters. The first-order valence-corrected chi connectivity index (χ1v) is 9.98. The van der Waals surface area contributed by atoms with E-state index in [4.69, 9.17) is 16.3 Å². The summed E-state index contributed by atoms with van der Waals surface area (Å²) in [5.74, 6) is 0.600. The summed E-state index contributed by atoms with van der Waals surface area (Å²) in [5, 5.41) is 3.61. The van der Waals surface area contributed by atoms with Gasteiger partial charge in [0.2, 0.25) is 5.91 Å². The Morgan fingerprint density at radius 3 is 2.50 bits per heavy atom. The van der Waals surface area contributed by atoms with Crippen molar-refractivity contribution in [1.82, 2.24) is 5.32 Å². The van der Waals surface area contributed by atoms with Gasteiger partial charge in [0.25, 0.3) is 0 Å². The first-order chi connectivity index (χ1) is 13.6. The molecule has 4 nitrogen and oxygen atoms in total. The second-order valence-corrected chi connectivity index (χ2v) is 7.66. The fraction of sp³-hybridized carbons (Fsp3) is 0.304. The number of rotatable bonds is 4. The fourth-order valence-electron chi connectivity index (χ4n) is 4.23. The summed E-state index contributed by atoms with van der Waals surface area (Å²) in [4.78, 5) is 25.5. The van der Waals surface area contributed by atoms with Crippen LogP contribution in [0.1, 0.15) is 49.1 Å². The third-order valence-corrected chi connectivity index (χ3v) is 5.82. The smallest absolute Gasteiger partial charge is 0.225 e. The number of carbonyl (C=O) groups is 2. The van der Waals surface area contributed by atoms with E-state index in [0.29, 0.717) is 24.5 Å². The highest BCUT2D eigenvalue weighted by Gasteiger charge is 2.38. The van der Waals surface area contributed by atoms with Gasteiger partial charge in [-0.25, -0.2) is 0 Å². The normalized spacial score (nSPS) is 21.9. The lowest BCUT2D eigenvalue weighted by molar-refractivity contribution is -0.122. The summed E-state index contributed by atoms with van der Waals surface area (Å²) in [5.41, 5.74) is 3.42. The van der Waals surface area contributed by atoms with Crippen molar-refractivity contribution in [3.8, 4) is 5.75 Å². The number of allylic oxidation sites excluding steroid dienone is 2. The Morgan fingerprint density at radius 1 is 1.04 bits per heavy atom. The number of nitrogens with one attached hydrogen (secondary N) is 1. The molecular formula is C23H22ClNO3. The van der Waals surface area contributed by atoms with Crippen LogP contribution in [-0.2, 0) is 9.59 Å². The molecule has 28 heavy (non-hydrogen) atoms. The molecule has 1 aliphatic heterocycles. The molecule has 1 heterocycles. The molecule has 0 saturated carbocycles. The second kappa shape index (κ2) is 7.80. The van der Waals surface area contributed by atoms with Gasteiger partial charge in [-0.15, -0.1) is 0 Å². The minimum atomic E-state index is -0.209. The number of amides is 1. The van der Waals surface area contributed by atoms with Crippen LogP contribution in [0.15, 0.2) is 59.8 Å². The molecule has 1 N–H and O–H groups in total. The first kappa shape index (κ1) is 18.8. The average Bonchev–Trinajstić information content (AvgIpc) is 2.68. The lowest BCUT2D eigenvalue weighted by Crippen LogP contribution is -2.38. The zero-order chi connectivity index (χ0) is 19.7. The molecule has 2 aromatic carbocycles. The van der Waals surface area contributed by atoms with Gasteiger partial charge >= 0.3 is 0 Å². The zero-order valence-corrected chi connectivity index (χ0v) is 16.5. The number of benzene rings is 2. The van der Waals surface area contributed by atoms with Crippen molar-refractivity contribution in [3.63, 3.8) is 0 Å². The predicted molar refractivity (Wildman–Crippen MR) is 109 cm³/mol. The van der Waals surface area contributed by atoms with Gasteiger partial charge in [-0.2, -0.15) is 0 Å². The molecule has 0 spiro atoms. The molecule has 1 amide bonds. The van der Waals surface area contributed by atoms with Crippen molar-refractivity contribution >= 4 is 23.3 Å². The maximum absolute atomic E-state index is 13.1. The largest absolute Gasteiger partial charge is 0.494 e. The van der Waals surface area contributed by atoms with Gasteiger partial charge < -0.3 is 10.1 Å². The zero-order valence-electron chi connectivity index (χ0n) is 15.7. The number of halogens is 1.